The van der Waals surface area contributed by atoms with Gasteiger partial charge in [0, 0.05) is 13.0 Å². The Morgan fingerprint density at radius 1 is 1.30 bits per heavy atom. The zero-order chi connectivity index (χ0) is 16.1. The van der Waals surface area contributed by atoms with Gasteiger partial charge in [-0.15, -0.1) is 10.2 Å². The molecule has 0 bridgehead atoms. The highest BCUT2D eigenvalue weighted by atomic mass is 32.1. The Balaban J connectivity index is 1.55. The van der Waals surface area contributed by atoms with Crippen molar-refractivity contribution in [3.05, 3.63) is 40.4 Å². The number of benzene rings is 1. The van der Waals surface area contributed by atoms with E-state index in [1.807, 2.05) is 12.1 Å². The van der Waals surface area contributed by atoms with Crippen molar-refractivity contribution in [1.29, 1.82) is 0 Å². The van der Waals surface area contributed by atoms with Crippen LogP contribution < -0.4 is 10.6 Å². The average molecular weight is 330 g/mol. The number of amides is 1. The fourth-order valence-electron chi connectivity index (χ4n) is 2.76. The van der Waals surface area contributed by atoms with Crippen LogP contribution in [0.5, 0.6) is 0 Å². The van der Waals surface area contributed by atoms with Gasteiger partial charge in [-0.25, -0.2) is 0 Å². The molecule has 0 unspecified atom stereocenters. The lowest BCUT2D eigenvalue weighted by atomic mass is 9.95. The molecular weight excluding hydrogens is 308 g/mol. The molecule has 2 N–H and O–H groups in total. The van der Waals surface area contributed by atoms with Gasteiger partial charge in [-0.3, -0.25) is 10.1 Å². The predicted molar refractivity (Wildman–Crippen MR) is 92.5 cm³/mol. The third-order valence-corrected chi connectivity index (χ3v) is 4.99. The van der Waals surface area contributed by atoms with Gasteiger partial charge >= 0.3 is 0 Å². The molecule has 1 aliphatic heterocycles. The second-order valence-corrected chi connectivity index (χ2v) is 6.92. The van der Waals surface area contributed by atoms with Crippen molar-refractivity contribution < 1.29 is 4.79 Å². The van der Waals surface area contributed by atoms with Crippen LogP contribution in [0.2, 0.25) is 0 Å². The Kier molecular flexibility index (Phi) is 5.35. The number of rotatable bonds is 6. The van der Waals surface area contributed by atoms with Gasteiger partial charge in [-0.05, 0) is 24.0 Å². The van der Waals surface area contributed by atoms with Crippen molar-refractivity contribution >= 4 is 22.4 Å². The Hall–Kier alpha value is -1.79. The summed E-state index contributed by atoms with van der Waals surface area (Å²) in [5, 5.41) is 16.0. The summed E-state index contributed by atoms with van der Waals surface area (Å²) in [6.45, 7) is 2.91. The van der Waals surface area contributed by atoms with Crippen LogP contribution >= 0.6 is 11.3 Å². The first kappa shape index (κ1) is 16.1. The molecule has 0 radical (unpaired) electrons. The molecule has 122 valence electrons. The number of carbonyl (C=O) groups is 1. The van der Waals surface area contributed by atoms with Gasteiger partial charge < -0.3 is 5.32 Å². The molecule has 1 atom stereocenters. The van der Waals surface area contributed by atoms with Gasteiger partial charge in [0.2, 0.25) is 11.0 Å². The van der Waals surface area contributed by atoms with E-state index in [2.05, 4.69) is 39.9 Å². The van der Waals surface area contributed by atoms with E-state index in [0.717, 1.165) is 24.4 Å². The minimum atomic E-state index is -0.211. The SMILES string of the molecule is CCCCCc1nnc(NC(=O)[C@H]2Cc3ccccc3CN2)s1. The summed E-state index contributed by atoms with van der Waals surface area (Å²) in [5.41, 5.74) is 2.51. The number of carbonyl (C=O) groups excluding carboxylic acids is 1. The summed E-state index contributed by atoms with van der Waals surface area (Å²) in [5.74, 6) is -0.0317. The quantitative estimate of drug-likeness (QED) is 0.799. The number of hydrogen-bond acceptors (Lipinski definition) is 5. The van der Waals surface area contributed by atoms with Gasteiger partial charge in [0.1, 0.15) is 5.01 Å². The molecule has 5 nitrogen and oxygen atoms in total. The standard InChI is InChI=1S/C17H22N4OS/c1-2-3-4-9-15-20-21-17(23-15)19-16(22)14-10-12-7-5-6-8-13(12)11-18-14/h5-8,14,18H,2-4,9-11H2,1H3,(H,19,21,22)/t14-/m1/s1. The Morgan fingerprint density at radius 3 is 2.96 bits per heavy atom. The number of aromatic nitrogens is 2. The van der Waals surface area contributed by atoms with E-state index in [-0.39, 0.29) is 11.9 Å². The number of fused-ring (bicyclic) bond motifs is 1. The molecule has 1 aliphatic rings. The van der Waals surface area contributed by atoms with Crippen LogP contribution in [0.25, 0.3) is 0 Å². The molecular formula is C17H22N4OS. The van der Waals surface area contributed by atoms with Crippen LogP contribution in [-0.4, -0.2) is 22.1 Å². The lowest BCUT2D eigenvalue weighted by molar-refractivity contribution is -0.118. The van der Waals surface area contributed by atoms with E-state index in [9.17, 15) is 4.79 Å². The van der Waals surface area contributed by atoms with Crippen molar-refractivity contribution in [2.45, 2.75) is 51.6 Å². The fraction of sp³-hybridized carbons (Fsp3) is 0.471. The molecule has 0 saturated carbocycles. The lowest BCUT2D eigenvalue weighted by Gasteiger charge is -2.24. The largest absolute Gasteiger partial charge is 0.301 e. The van der Waals surface area contributed by atoms with Crippen molar-refractivity contribution in [3.63, 3.8) is 0 Å². The third kappa shape index (κ3) is 4.14. The number of anilines is 1. The van der Waals surface area contributed by atoms with Gasteiger partial charge in [-0.1, -0.05) is 55.4 Å². The van der Waals surface area contributed by atoms with E-state index in [1.165, 1.54) is 35.3 Å². The Bertz CT molecular complexity index is 670. The highest BCUT2D eigenvalue weighted by Crippen LogP contribution is 2.20. The fourth-order valence-corrected chi connectivity index (χ4v) is 3.55. The van der Waals surface area contributed by atoms with Crippen molar-refractivity contribution in [1.82, 2.24) is 15.5 Å². The predicted octanol–water partition coefficient (Wildman–Crippen LogP) is 2.92. The monoisotopic (exact) mass is 330 g/mol. The normalized spacial score (nSPS) is 16.8. The summed E-state index contributed by atoms with van der Waals surface area (Å²) in [6.07, 6.45) is 5.17. The molecule has 0 spiro atoms. The zero-order valence-electron chi connectivity index (χ0n) is 13.3. The Labute approximate surface area is 140 Å². The number of nitrogens with one attached hydrogen (secondary N) is 2. The van der Waals surface area contributed by atoms with Crippen LogP contribution in [-0.2, 0) is 24.2 Å². The minimum Gasteiger partial charge on any atom is -0.301 e. The highest BCUT2D eigenvalue weighted by Gasteiger charge is 2.24. The van der Waals surface area contributed by atoms with Gasteiger partial charge in [0.25, 0.3) is 0 Å². The summed E-state index contributed by atoms with van der Waals surface area (Å²) in [7, 11) is 0. The van der Waals surface area contributed by atoms with E-state index in [1.54, 1.807) is 0 Å². The maximum atomic E-state index is 12.4. The van der Waals surface area contributed by atoms with Gasteiger partial charge in [-0.2, -0.15) is 0 Å². The lowest BCUT2D eigenvalue weighted by Crippen LogP contribution is -2.44. The summed E-state index contributed by atoms with van der Waals surface area (Å²) in [4.78, 5) is 12.4. The molecule has 23 heavy (non-hydrogen) atoms. The zero-order valence-corrected chi connectivity index (χ0v) is 14.2. The maximum Gasteiger partial charge on any atom is 0.243 e. The molecule has 0 fully saturated rings. The van der Waals surface area contributed by atoms with Crippen molar-refractivity contribution in [2.24, 2.45) is 0 Å². The average Bonchev–Trinajstić information content (AvgIpc) is 3.02. The van der Waals surface area contributed by atoms with E-state index in [4.69, 9.17) is 0 Å². The van der Waals surface area contributed by atoms with Gasteiger partial charge in [0.05, 0.1) is 6.04 Å². The summed E-state index contributed by atoms with van der Waals surface area (Å²) >= 11 is 1.48. The maximum absolute atomic E-state index is 12.4. The van der Waals surface area contributed by atoms with E-state index in [0.29, 0.717) is 11.6 Å². The Morgan fingerprint density at radius 2 is 2.13 bits per heavy atom. The molecule has 0 aliphatic carbocycles. The smallest absolute Gasteiger partial charge is 0.243 e. The van der Waals surface area contributed by atoms with Crippen LogP contribution in [0.3, 0.4) is 0 Å². The van der Waals surface area contributed by atoms with Crippen molar-refractivity contribution in [3.8, 4) is 0 Å². The molecule has 2 heterocycles. The topological polar surface area (TPSA) is 66.9 Å². The van der Waals surface area contributed by atoms with Gasteiger partial charge in [0.15, 0.2) is 0 Å². The minimum absolute atomic E-state index is 0.0317. The first-order valence-corrected chi connectivity index (χ1v) is 9.01. The van der Waals surface area contributed by atoms with E-state index < -0.39 is 0 Å². The van der Waals surface area contributed by atoms with Crippen LogP contribution in [0.4, 0.5) is 5.13 Å². The first-order chi connectivity index (χ1) is 11.3. The summed E-state index contributed by atoms with van der Waals surface area (Å²) < 4.78 is 0. The first-order valence-electron chi connectivity index (χ1n) is 8.19. The highest BCUT2D eigenvalue weighted by molar-refractivity contribution is 7.15. The third-order valence-electron chi connectivity index (χ3n) is 4.09. The number of unbranched alkanes of at least 4 members (excludes halogenated alkanes) is 2. The number of hydrogen-bond donors (Lipinski definition) is 2. The van der Waals surface area contributed by atoms with E-state index >= 15 is 0 Å². The summed E-state index contributed by atoms with van der Waals surface area (Å²) in [6, 6.07) is 8.03. The van der Waals surface area contributed by atoms with Crippen LogP contribution in [0.1, 0.15) is 42.3 Å². The van der Waals surface area contributed by atoms with Crippen LogP contribution in [0.15, 0.2) is 24.3 Å². The molecule has 2 aromatic rings. The molecule has 1 amide bonds. The molecule has 1 aromatic heterocycles. The second kappa shape index (κ2) is 7.66. The van der Waals surface area contributed by atoms with Crippen LogP contribution in [0, 0.1) is 0 Å². The number of aryl methyl sites for hydroxylation is 1. The van der Waals surface area contributed by atoms with Crippen molar-refractivity contribution in [2.75, 3.05) is 5.32 Å². The molecule has 0 saturated heterocycles. The molecule has 1 aromatic carbocycles. The number of nitrogens with zero attached hydrogens (tertiary/aromatic N) is 2. The molecule has 3 rings (SSSR count). The second-order valence-electron chi connectivity index (χ2n) is 5.85. The molecule has 6 heteroatoms.